The molecule has 0 aliphatic rings. The van der Waals surface area contributed by atoms with Crippen molar-refractivity contribution in [1.29, 1.82) is 0 Å². The maximum atomic E-state index is 11.1. The van der Waals surface area contributed by atoms with Gasteiger partial charge in [0.2, 0.25) is 0 Å². The Morgan fingerprint density at radius 3 is 2.63 bits per heavy atom. The fraction of sp³-hybridized carbons (Fsp3) is 0.500. The molecule has 0 atom stereocenters. The number of aromatic nitrogens is 5. The van der Waals surface area contributed by atoms with Gasteiger partial charge in [0.1, 0.15) is 24.3 Å². The summed E-state index contributed by atoms with van der Waals surface area (Å²) in [5.41, 5.74) is 1.40. The van der Waals surface area contributed by atoms with Crippen LogP contribution in [0.2, 0.25) is 0 Å². The smallest absolute Gasteiger partial charge is 0.339 e. The van der Waals surface area contributed by atoms with E-state index >= 15 is 0 Å². The SMILES string of the molecule is Cc1nn(Cc2ncnn2C(C)C)c(C)c1C(=O)O. The van der Waals surface area contributed by atoms with E-state index in [4.69, 9.17) is 5.11 Å². The first-order chi connectivity index (χ1) is 8.91. The summed E-state index contributed by atoms with van der Waals surface area (Å²) in [6.07, 6.45) is 1.50. The molecule has 19 heavy (non-hydrogen) atoms. The average molecular weight is 263 g/mol. The molecule has 7 nitrogen and oxygen atoms in total. The van der Waals surface area contributed by atoms with Gasteiger partial charge in [-0.1, -0.05) is 0 Å². The Labute approximate surface area is 110 Å². The van der Waals surface area contributed by atoms with Gasteiger partial charge in [0.15, 0.2) is 0 Å². The van der Waals surface area contributed by atoms with Crippen molar-refractivity contribution in [3.05, 3.63) is 29.1 Å². The van der Waals surface area contributed by atoms with Crippen LogP contribution in [0.4, 0.5) is 0 Å². The number of carbonyl (C=O) groups is 1. The van der Waals surface area contributed by atoms with Gasteiger partial charge < -0.3 is 5.11 Å². The van der Waals surface area contributed by atoms with E-state index in [1.54, 1.807) is 23.2 Å². The Kier molecular flexibility index (Phi) is 3.37. The van der Waals surface area contributed by atoms with Gasteiger partial charge in [-0.25, -0.2) is 14.5 Å². The van der Waals surface area contributed by atoms with E-state index in [2.05, 4.69) is 15.2 Å². The third-order valence-corrected chi connectivity index (χ3v) is 3.02. The molecule has 0 saturated heterocycles. The molecule has 0 bridgehead atoms. The van der Waals surface area contributed by atoms with Crippen molar-refractivity contribution in [2.75, 3.05) is 0 Å². The van der Waals surface area contributed by atoms with Crippen molar-refractivity contribution in [2.45, 2.75) is 40.3 Å². The molecule has 102 valence electrons. The van der Waals surface area contributed by atoms with Gasteiger partial charge in [-0.2, -0.15) is 10.2 Å². The van der Waals surface area contributed by atoms with Gasteiger partial charge in [-0.05, 0) is 27.7 Å². The predicted octanol–water partition coefficient (Wildman–Crippen LogP) is 1.42. The number of aryl methyl sites for hydroxylation is 1. The summed E-state index contributed by atoms with van der Waals surface area (Å²) in [6.45, 7) is 7.89. The second-order valence-electron chi connectivity index (χ2n) is 4.72. The van der Waals surface area contributed by atoms with Crippen LogP contribution >= 0.6 is 0 Å². The number of carboxylic acid groups (broad SMARTS) is 1. The molecule has 0 spiro atoms. The van der Waals surface area contributed by atoms with E-state index < -0.39 is 5.97 Å². The molecule has 7 heteroatoms. The Hall–Kier alpha value is -2.18. The molecular formula is C12H17N5O2. The van der Waals surface area contributed by atoms with Crippen molar-refractivity contribution in [2.24, 2.45) is 0 Å². The zero-order valence-corrected chi connectivity index (χ0v) is 11.5. The molecular weight excluding hydrogens is 246 g/mol. The molecule has 0 unspecified atom stereocenters. The fourth-order valence-electron chi connectivity index (χ4n) is 2.11. The van der Waals surface area contributed by atoms with Crippen LogP contribution in [0.25, 0.3) is 0 Å². The Balaban J connectivity index is 2.37. The summed E-state index contributed by atoms with van der Waals surface area (Å²) in [6, 6.07) is 0.202. The fourth-order valence-corrected chi connectivity index (χ4v) is 2.11. The summed E-state index contributed by atoms with van der Waals surface area (Å²) < 4.78 is 3.46. The lowest BCUT2D eigenvalue weighted by Gasteiger charge is -2.10. The standard InChI is InChI=1S/C12H17N5O2/c1-7(2)17-10(13-6-14-17)5-16-9(4)11(12(18)19)8(3)15-16/h6-7H,5H2,1-4H3,(H,18,19). The van der Waals surface area contributed by atoms with Crippen LogP contribution in [-0.2, 0) is 6.54 Å². The lowest BCUT2D eigenvalue weighted by molar-refractivity contribution is 0.0695. The van der Waals surface area contributed by atoms with Crippen LogP contribution in [0, 0.1) is 13.8 Å². The number of aromatic carboxylic acids is 1. The first-order valence-corrected chi connectivity index (χ1v) is 6.07. The van der Waals surface area contributed by atoms with Crippen LogP contribution < -0.4 is 0 Å². The second-order valence-corrected chi connectivity index (χ2v) is 4.72. The van der Waals surface area contributed by atoms with Crippen molar-refractivity contribution in [3.63, 3.8) is 0 Å². The average Bonchev–Trinajstić information content (AvgIpc) is 2.85. The monoisotopic (exact) mass is 263 g/mol. The maximum Gasteiger partial charge on any atom is 0.339 e. The normalized spacial score (nSPS) is 11.2. The Morgan fingerprint density at radius 1 is 1.42 bits per heavy atom. The quantitative estimate of drug-likeness (QED) is 0.901. The van der Waals surface area contributed by atoms with Crippen LogP contribution in [0.15, 0.2) is 6.33 Å². The minimum absolute atomic E-state index is 0.202. The molecule has 0 aliphatic carbocycles. The number of hydrogen-bond acceptors (Lipinski definition) is 4. The minimum Gasteiger partial charge on any atom is -0.478 e. The first kappa shape index (κ1) is 13.3. The molecule has 1 N–H and O–H groups in total. The summed E-state index contributed by atoms with van der Waals surface area (Å²) in [4.78, 5) is 15.3. The zero-order chi connectivity index (χ0) is 14.2. The molecule has 0 aromatic carbocycles. The third-order valence-electron chi connectivity index (χ3n) is 3.02. The van der Waals surface area contributed by atoms with Crippen LogP contribution in [0.1, 0.15) is 47.5 Å². The molecule has 2 aromatic heterocycles. The molecule has 0 amide bonds. The minimum atomic E-state index is -0.952. The van der Waals surface area contributed by atoms with E-state index in [0.717, 1.165) is 5.82 Å². The predicted molar refractivity (Wildman–Crippen MR) is 68.2 cm³/mol. The highest BCUT2D eigenvalue weighted by molar-refractivity contribution is 5.90. The Bertz CT molecular complexity index is 612. The topological polar surface area (TPSA) is 85.8 Å². The summed E-state index contributed by atoms with van der Waals surface area (Å²) in [5.74, 6) is -0.191. The van der Waals surface area contributed by atoms with Gasteiger partial charge in [0.05, 0.1) is 11.4 Å². The van der Waals surface area contributed by atoms with Crippen molar-refractivity contribution >= 4 is 5.97 Å². The van der Waals surface area contributed by atoms with Gasteiger partial charge in [-0.15, -0.1) is 0 Å². The number of hydrogen-bond donors (Lipinski definition) is 1. The molecule has 2 heterocycles. The molecule has 0 aliphatic heterocycles. The summed E-state index contributed by atoms with van der Waals surface area (Å²) >= 11 is 0. The molecule has 0 saturated carbocycles. The molecule has 0 radical (unpaired) electrons. The molecule has 2 rings (SSSR count). The van der Waals surface area contributed by atoms with Gasteiger partial charge in [0.25, 0.3) is 0 Å². The third kappa shape index (κ3) is 2.35. The van der Waals surface area contributed by atoms with Gasteiger partial charge in [-0.3, -0.25) is 4.68 Å². The van der Waals surface area contributed by atoms with Crippen LogP contribution in [-0.4, -0.2) is 35.6 Å². The van der Waals surface area contributed by atoms with E-state index in [9.17, 15) is 4.79 Å². The van der Waals surface area contributed by atoms with Gasteiger partial charge >= 0.3 is 5.97 Å². The number of nitrogens with zero attached hydrogens (tertiary/aromatic N) is 5. The van der Waals surface area contributed by atoms with E-state index in [-0.39, 0.29) is 11.6 Å². The number of rotatable bonds is 4. The lowest BCUT2D eigenvalue weighted by atomic mass is 10.2. The Morgan fingerprint density at radius 2 is 2.11 bits per heavy atom. The van der Waals surface area contributed by atoms with Gasteiger partial charge in [0, 0.05) is 6.04 Å². The lowest BCUT2D eigenvalue weighted by Crippen LogP contribution is -2.14. The first-order valence-electron chi connectivity index (χ1n) is 6.07. The summed E-state index contributed by atoms with van der Waals surface area (Å²) in [7, 11) is 0. The van der Waals surface area contributed by atoms with Crippen molar-refractivity contribution in [1.82, 2.24) is 24.5 Å². The zero-order valence-electron chi connectivity index (χ0n) is 11.5. The van der Waals surface area contributed by atoms with Crippen molar-refractivity contribution in [3.8, 4) is 0 Å². The molecule has 0 fully saturated rings. The van der Waals surface area contributed by atoms with Crippen LogP contribution in [0.5, 0.6) is 0 Å². The van der Waals surface area contributed by atoms with Crippen molar-refractivity contribution < 1.29 is 9.90 Å². The highest BCUT2D eigenvalue weighted by Gasteiger charge is 2.19. The number of carboxylic acids is 1. The highest BCUT2D eigenvalue weighted by Crippen LogP contribution is 2.15. The largest absolute Gasteiger partial charge is 0.478 e. The molecule has 2 aromatic rings. The van der Waals surface area contributed by atoms with Crippen LogP contribution in [0.3, 0.4) is 0 Å². The maximum absolute atomic E-state index is 11.1. The highest BCUT2D eigenvalue weighted by atomic mass is 16.4. The van der Waals surface area contributed by atoms with E-state index in [1.807, 2.05) is 13.8 Å². The van der Waals surface area contributed by atoms with E-state index in [0.29, 0.717) is 17.9 Å². The summed E-state index contributed by atoms with van der Waals surface area (Å²) in [5, 5.41) is 17.6. The second kappa shape index (κ2) is 4.83. The van der Waals surface area contributed by atoms with E-state index in [1.165, 1.54) is 6.33 Å².